The molecule has 22 heavy (non-hydrogen) atoms. The number of morpholine rings is 1. The van der Waals surface area contributed by atoms with Gasteiger partial charge in [-0.2, -0.15) is 0 Å². The van der Waals surface area contributed by atoms with E-state index in [0.29, 0.717) is 13.2 Å². The molecule has 0 aromatic heterocycles. The Kier molecular flexibility index (Phi) is 4.45. The molecule has 0 N–H and O–H groups in total. The Bertz CT molecular complexity index is 530. The largest absolute Gasteiger partial charge is 0.370 e. The van der Waals surface area contributed by atoms with Crippen LogP contribution in [0.25, 0.3) is 0 Å². The van der Waals surface area contributed by atoms with Crippen molar-refractivity contribution in [3.63, 3.8) is 0 Å². The predicted octanol–water partition coefficient (Wildman–Crippen LogP) is 2.04. The van der Waals surface area contributed by atoms with Crippen molar-refractivity contribution in [1.82, 2.24) is 9.80 Å². The Hall–Kier alpha value is -1.46. The topological polar surface area (TPSA) is 32.8 Å². The molecule has 1 aromatic carbocycles. The molecule has 3 rings (SSSR count). The molecular formula is C17H23FN2O2. The van der Waals surface area contributed by atoms with Crippen LogP contribution in [-0.2, 0) is 16.1 Å². The van der Waals surface area contributed by atoms with Gasteiger partial charge < -0.3 is 9.64 Å². The first kappa shape index (κ1) is 15.4. The molecule has 1 spiro atoms. The summed E-state index contributed by atoms with van der Waals surface area (Å²) >= 11 is 0. The molecule has 0 aliphatic carbocycles. The Morgan fingerprint density at radius 2 is 2.05 bits per heavy atom. The predicted molar refractivity (Wildman–Crippen MR) is 81.8 cm³/mol. The first-order valence-electron chi connectivity index (χ1n) is 7.93. The van der Waals surface area contributed by atoms with E-state index in [1.807, 2.05) is 17.0 Å². The molecule has 2 fully saturated rings. The number of likely N-dealkylation sites (tertiary alicyclic amines) is 1. The summed E-state index contributed by atoms with van der Waals surface area (Å²) in [4.78, 5) is 15.9. The number of benzene rings is 1. The second kappa shape index (κ2) is 6.34. The summed E-state index contributed by atoms with van der Waals surface area (Å²) in [5.74, 6) is -0.0788. The zero-order valence-corrected chi connectivity index (χ0v) is 13.1. The first-order valence-corrected chi connectivity index (χ1v) is 7.93. The van der Waals surface area contributed by atoms with E-state index in [0.717, 1.165) is 44.6 Å². The van der Waals surface area contributed by atoms with Crippen molar-refractivity contribution in [2.75, 3.05) is 32.8 Å². The third kappa shape index (κ3) is 3.47. The smallest absolute Gasteiger partial charge is 0.219 e. The number of rotatable bonds is 2. The van der Waals surface area contributed by atoms with Crippen molar-refractivity contribution in [2.45, 2.75) is 31.9 Å². The number of halogens is 1. The lowest BCUT2D eigenvalue weighted by atomic mass is 9.90. The summed E-state index contributed by atoms with van der Waals surface area (Å²) in [6.07, 6.45) is 1.99. The minimum absolute atomic E-state index is 0.123. The molecule has 2 heterocycles. The van der Waals surface area contributed by atoms with Crippen molar-refractivity contribution in [1.29, 1.82) is 0 Å². The van der Waals surface area contributed by atoms with Crippen LogP contribution in [0.15, 0.2) is 24.3 Å². The highest BCUT2D eigenvalue weighted by molar-refractivity contribution is 5.73. The minimum atomic E-state index is -0.234. The van der Waals surface area contributed by atoms with Gasteiger partial charge in [-0.1, -0.05) is 12.1 Å². The zero-order valence-electron chi connectivity index (χ0n) is 13.1. The fraction of sp³-hybridized carbons (Fsp3) is 0.588. The molecule has 0 unspecified atom stereocenters. The molecule has 0 saturated carbocycles. The van der Waals surface area contributed by atoms with Crippen molar-refractivity contribution in [3.05, 3.63) is 35.6 Å². The van der Waals surface area contributed by atoms with Crippen LogP contribution in [0, 0.1) is 5.82 Å². The van der Waals surface area contributed by atoms with Gasteiger partial charge in [0.15, 0.2) is 0 Å². The number of nitrogens with zero attached hydrogens (tertiary/aromatic N) is 2. The van der Waals surface area contributed by atoms with Gasteiger partial charge in [-0.15, -0.1) is 0 Å². The number of piperidine rings is 1. The van der Waals surface area contributed by atoms with Crippen LogP contribution in [0.1, 0.15) is 25.3 Å². The summed E-state index contributed by atoms with van der Waals surface area (Å²) in [5, 5.41) is 0. The maximum atomic E-state index is 13.0. The molecule has 0 radical (unpaired) electrons. The minimum Gasteiger partial charge on any atom is -0.370 e. The molecule has 0 bridgehead atoms. The molecule has 4 nitrogen and oxygen atoms in total. The fourth-order valence-corrected chi connectivity index (χ4v) is 3.52. The number of hydrogen-bond acceptors (Lipinski definition) is 3. The van der Waals surface area contributed by atoms with E-state index in [9.17, 15) is 9.18 Å². The third-order valence-electron chi connectivity index (χ3n) is 4.63. The van der Waals surface area contributed by atoms with Gasteiger partial charge in [-0.3, -0.25) is 9.69 Å². The lowest BCUT2D eigenvalue weighted by Gasteiger charge is -2.48. The summed E-state index contributed by atoms with van der Waals surface area (Å²) in [6.45, 7) is 6.32. The summed E-state index contributed by atoms with van der Waals surface area (Å²) in [7, 11) is 0. The molecule has 2 aliphatic heterocycles. The maximum absolute atomic E-state index is 13.0. The highest BCUT2D eigenvalue weighted by Crippen LogP contribution is 2.29. The van der Waals surface area contributed by atoms with Crippen LogP contribution in [0.3, 0.4) is 0 Å². The van der Waals surface area contributed by atoms with Gasteiger partial charge in [0.05, 0.1) is 18.8 Å². The average Bonchev–Trinajstić information content (AvgIpc) is 2.50. The van der Waals surface area contributed by atoms with Gasteiger partial charge in [0.1, 0.15) is 5.82 Å². The van der Waals surface area contributed by atoms with E-state index < -0.39 is 0 Å². The van der Waals surface area contributed by atoms with Crippen LogP contribution in [0.2, 0.25) is 0 Å². The number of carbonyl (C=O) groups is 1. The summed E-state index contributed by atoms with van der Waals surface area (Å²) in [5.41, 5.74) is 0.875. The molecule has 1 aromatic rings. The number of amides is 1. The molecule has 2 aliphatic rings. The first-order chi connectivity index (χ1) is 10.6. The van der Waals surface area contributed by atoms with Gasteiger partial charge in [0.2, 0.25) is 5.91 Å². The van der Waals surface area contributed by atoms with Crippen molar-refractivity contribution < 1.29 is 13.9 Å². The summed E-state index contributed by atoms with van der Waals surface area (Å²) in [6, 6.07) is 6.67. The normalized spacial score (nSPS) is 26.4. The molecule has 1 atom stereocenters. The van der Waals surface area contributed by atoms with E-state index in [1.165, 1.54) is 12.1 Å². The fourth-order valence-electron chi connectivity index (χ4n) is 3.52. The monoisotopic (exact) mass is 306 g/mol. The molecule has 120 valence electrons. The Morgan fingerprint density at radius 3 is 2.77 bits per heavy atom. The third-order valence-corrected chi connectivity index (χ3v) is 4.63. The van der Waals surface area contributed by atoms with Crippen LogP contribution in [-0.4, -0.2) is 54.1 Å². The van der Waals surface area contributed by atoms with E-state index in [1.54, 1.807) is 6.92 Å². The van der Waals surface area contributed by atoms with Crippen molar-refractivity contribution in [2.24, 2.45) is 0 Å². The standard InChI is InChI=1S/C17H23FN2O2/c1-14(21)20-8-2-7-17(13-20)12-19(9-10-22-17)11-15-3-5-16(18)6-4-15/h3-6H,2,7-13H2,1H3/t17-/m1/s1. The van der Waals surface area contributed by atoms with Gasteiger partial charge in [0, 0.05) is 33.1 Å². The lowest BCUT2D eigenvalue weighted by molar-refractivity contribution is -0.156. The van der Waals surface area contributed by atoms with E-state index in [-0.39, 0.29) is 17.3 Å². The lowest BCUT2D eigenvalue weighted by Crippen LogP contribution is -2.60. The maximum Gasteiger partial charge on any atom is 0.219 e. The molecule has 1 amide bonds. The van der Waals surface area contributed by atoms with Gasteiger partial charge in [-0.25, -0.2) is 4.39 Å². The number of ether oxygens (including phenoxy) is 1. The quantitative estimate of drug-likeness (QED) is 0.838. The van der Waals surface area contributed by atoms with Crippen molar-refractivity contribution >= 4 is 5.91 Å². The molecule has 5 heteroatoms. The Labute approximate surface area is 130 Å². The van der Waals surface area contributed by atoms with E-state index in [2.05, 4.69) is 4.90 Å². The van der Waals surface area contributed by atoms with Crippen LogP contribution < -0.4 is 0 Å². The summed E-state index contributed by atoms with van der Waals surface area (Å²) < 4.78 is 19.1. The molecular weight excluding hydrogens is 283 g/mol. The van der Waals surface area contributed by atoms with Crippen LogP contribution in [0.5, 0.6) is 0 Å². The number of hydrogen-bond donors (Lipinski definition) is 0. The molecule has 2 saturated heterocycles. The highest BCUT2D eigenvalue weighted by Gasteiger charge is 2.41. The van der Waals surface area contributed by atoms with Gasteiger partial charge >= 0.3 is 0 Å². The Balaban J connectivity index is 1.65. The average molecular weight is 306 g/mol. The van der Waals surface area contributed by atoms with Crippen LogP contribution in [0.4, 0.5) is 4.39 Å². The SMILES string of the molecule is CC(=O)N1CCC[C@@]2(CN(Cc3ccc(F)cc3)CCO2)C1. The highest BCUT2D eigenvalue weighted by atomic mass is 19.1. The zero-order chi connectivity index (χ0) is 15.6. The van der Waals surface area contributed by atoms with Crippen LogP contribution >= 0.6 is 0 Å². The van der Waals surface area contributed by atoms with E-state index in [4.69, 9.17) is 4.74 Å². The van der Waals surface area contributed by atoms with E-state index >= 15 is 0 Å². The van der Waals surface area contributed by atoms with Gasteiger partial charge in [-0.05, 0) is 30.5 Å². The van der Waals surface area contributed by atoms with Gasteiger partial charge in [0.25, 0.3) is 0 Å². The second-order valence-electron chi connectivity index (χ2n) is 6.41. The second-order valence-corrected chi connectivity index (χ2v) is 6.41. The Morgan fingerprint density at radius 1 is 1.27 bits per heavy atom. The number of carbonyl (C=O) groups excluding carboxylic acids is 1. The van der Waals surface area contributed by atoms with Crippen molar-refractivity contribution in [3.8, 4) is 0 Å².